The molecule has 4 nitrogen and oxygen atoms in total. The van der Waals surface area contributed by atoms with Gasteiger partial charge < -0.3 is 15.4 Å². The molecule has 1 amide bonds. The second-order valence-electron chi connectivity index (χ2n) is 4.72. The lowest BCUT2D eigenvalue weighted by molar-refractivity contribution is 0.0738. The maximum absolute atomic E-state index is 12.3. The van der Waals surface area contributed by atoms with E-state index >= 15 is 0 Å². The predicted molar refractivity (Wildman–Crippen MR) is 77.5 cm³/mol. The van der Waals surface area contributed by atoms with Gasteiger partial charge in [-0.1, -0.05) is 13.0 Å². The molecular formula is C15H24N2O2. The molecule has 106 valence electrons. The molecule has 4 heteroatoms. The van der Waals surface area contributed by atoms with Crippen molar-refractivity contribution in [2.45, 2.75) is 32.7 Å². The Morgan fingerprint density at radius 2 is 2.21 bits per heavy atom. The molecule has 0 heterocycles. The number of rotatable bonds is 7. The molecule has 0 aliphatic rings. The smallest absolute Gasteiger partial charge is 0.253 e. The van der Waals surface area contributed by atoms with Crippen molar-refractivity contribution in [1.82, 2.24) is 4.90 Å². The van der Waals surface area contributed by atoms with Crippen LogP contribution in [0.15, 0.2) is 24.3 Å². The lowest BCUT2D eigenvalue weighted by Crippen LogP contribution is -2.36. The van der Waals surface area contributed by atoms with Crippen molar-refractivity contribution in [2.75, 3.05) is 20.2 Å². The molecule has 0 spiro atoms. The standard InChI is InChI=1S/C15H24N2O2/c1-4-10-19-14-7-5-6-13(11-14)15(18)17(3)12(2)8-9-16/h5-7,11-12H,4,8-10,16H2,1-3H3. The highest BCUT2D eigenvalue weighted by atomic mass is 16.5. The van der Waals surface area contributed by atoms with E-state index in [-0.39, 0.29) is 11.9 Å². The normalized spacial score (nSPS) is 12.0. The Morgan fingerprint density at radius 3 is 2.84 bits per heavy atom. The van der Waals surface area contributed by atoms with E-state index in [1.807, 2.05) is 32.2 Å². The maximum Gasteiger partial charge on any atom is 0.253 e. The molecule has 0 saturated heterocycles. The fraction of sp³-hybridized carbons (Fsp3) is 0.533. The second-order valence-corrected chi connectivity index (χ2v) is 4.72. The number of amides is 1. The minimum absolute atomic E-state index is 0.00268. The Labute approximate surface area is 115 Å². The van der Waals surface area contributed by atoms with Crippen LogP contribution >= 0.6 is 0 Å². The highest BCUT2D eigenvalue weighted by molar-refractivity contribution is 5.94. The third kappa shape index (κ3) is 4.56. The third-order valence-corrected chi connectivity index (χ3v) is 3.12. The highest BCUT2D eigenvalue weighted by Gasteiger charge is 2.17. The number of hydrogen-bond acceptors (Lipinski definition) is 3. The Hall–Kier alpha value is -1.55. The first-order chi connectivity index (χ1) is 9.10. The Morgan fingerprint density at radius 1 is 1.47 bits per heavy atom. The first-order valence-electron chi connectivity index (χ1n) is 6.80. The van der Waals surface area contributed by atoms with E-state index in [1.165, 1.54) is 0 Å². The number of nitrogens with zero attached hydrogens (tertiary/aromatic N) is 1. The zero-order valence-corrected chi connectivity index (χ0v) is 12.1. The molecule has 1 rings (SSSR count). The minimum Gasteiger partial charge on any atom is -0.494 e. The van der Waals surface area contributed by atoms with E-state index in [2.05, 4.69) is 6.92 Å². The predicted octanol–water partition coefficient (Wildman–Crippen LogP) is 2.28. The van der Waals surface area contributed by atoms with E-state index in [9.17, 15) is 4.79 Å². The van der Waals surface area contributed by atoms with Gasteiger partial charge in [0.05, 0.1) is 6.61 Å². The molecule has 0 saturated carbocycles. The Bertz CT molecular complexity index is 407. The molecule has 0 aliphatic heterocycles. The fourth-order valence-corrected chi connectivity index (χ4v) is 1.78. The van der Waals surface area contributed by atoms with Gasteiger partial charge in [-0.05, 0) is 44.5 Å². The number of benzene rings is 1. The van der Waals surface area contributed by atoms with Crippen LogP contribution in [0.2, 0.25) is 0 Å². The van der Waals surface area contributed by atoms with Gasteiger partial charge in [0.1, 0.15) is 5.75 Å². The van der Waals surface area contributed by atoms with Crippen LogP contribution in [0, 0.1) is 0 Å². The summed E-state index contributed by atoms with van der Waals surface area (Å²) in [6.07, 6.45) is 1.75. The second kappa shape index (κ2) is 7.79. The molecule has 2 N–H and O–H groups in total. The molecule has 0 radical (unpaired) electrons. The highest BCUT2D eigenvalue weighted by Crippen LogP contribution is 2.16. The molecule has 0 fully saturated rings. The molecule has 1 aromatic carbocycles. The van der Waals surface area contributed by atoms with Crippen LogP contribution in [0.25, 0.3) is 0 Å². The lowest BCUT2D eigenvalue weighted by atomic mass is 10.1. The number of carbonyl (C=O) groups is 1. The van der Waals surface area contributed by atoms with Gasteiger partial charge in [-0.25, -0.2) is 0 Å². The van der Waals surface area contributed by atoms with Gasteiger partial charge >= 0.3 is 0 Å². The molecule has 1 unspecified atom stereocenters. The van der Waals surface area contributed by atoms with Crippen molar-refractivity contribution < 1.29 is 9.53 Å². The summed E-state index contributed by atoms with van der Waals surface area (Å²) in [6, 6.07) is 7.46. The molecule has 1 atom stereocenters. The number of carbonyl (C=O) groups excluding carboxylic acids is 1. The van der Waals surface area contributed by atoms with Gasteiger partial charge in [0.25, 0.3) is 5.91 Å². The van der Waals surface area contributed by atoms with Crippen LogP contribution in [-0.2, 0) is 0 Å². The van der Waals surface area contributed by atoms with Gasteiger partial charge in [0, 0.05) is 18.7 Å². The maximum atomic E-state index is 12.3. The van der Waals surface area contributed by atoms with Crippen molar-refractivity contribution in [2.24, 2.45) is 5.73 Å². The van der Waals surface area contributed by atoms with Crippen molar-refractivity contribution in [3.8, 4) is 5.75 Å². The average Bonchev–Trinajstić information content (AvgIpc) is 2.44. The van der Waals surface area contributed by atoms with Crippen LogP contribution in [0.3, 0.4) is 0 Å². The molecule has 19 heavy (non-hydrogen) atoms. The summed E-state index contributed by atoms with van der Waals surface area (Å²) >= 11 is 0. The molecule has 0 aliphatic carbocycles. The zero-order valence-electron chi connectivity index (χ0n) is 12.1. The fourth-order valence-electron chi connectivity index (χ4n) is 1.78. The van der Waals surface area contributed by atoms with Crippen molar-refractivity contribution in [3.05, 3.63) is 29.8 Å². The summed E-state index contributed by atoms with van der Waals surface area (Å²) in [5, 5.41) is 0. The Balaban J connectivity index is 2.75. The van der Waals surface area contributed by atoms with Crippen LogP contribution in [-0.4, -0.2) is 37.0 Å². The minimum atomic E-state index is 0.00268. The Kier molecular flexibility index (Phi) is 6.36. The third-order valence-electron chi connectivity index (χ3n) is 3.12. The van der Waals surface area contributed by atoms with Crippen LogP contribution in [0.5, 0.6) is 5.75 Å². The number of nitrogens with two attached hydrogens (primary N) is 1. The van der Waals surface area contributed by atoms with Gasteiger partial charge in [-0.2, -0.15) is 0 Å². The molecular weight excluding hydrogens is 240 g/mol. The first-order valence-corrected chi connectivity index (χ1v) is 6.80. The summed E-state index contributed by atoms with van der Waals surface area (Å²) in [7, 11) is 1.81. The lowest BCUT2D eigenvalue weighted by Gasteiger charge is -2.24. The molecule has 1 aromatic rings. The monoisotopic (exact) mass is 264 g/mol. The summed E-state index contributed by atoms with van der Waals surface area (Å²) in [4.78, 5) is 14.0. The average molecular weight is 264 g/mol. The van der Waals surface area contributed by atoms with E-state index in [0.29, 0.717) is 18.7 Å². The van der Waals surface area contributed by atoms with E-state index < -0.39 is 0 Å². The SMILES string of the molecule is CCCOc1cccc(C(=O)N(C)C(C)CCN)c1. The van der Waals surface area contributed by atoms with Gasteiger partial charge in [0.2, 0.25) is 0 Å². The topological polar surface area (TPSA) is 55.6 Å². The van der Waals surface area contributed by atoms with E-state index in [0.717, 1.165) is 18.6 Å². The van der Waals surface area contributed by atoms with E-state index in [1.54, 1.807) is 11.0 Å². The molecule has 0 aromatic heterocycles. The van der Waals surface area contributed by atoms with Crippen LogP contribution < -0.4 is 10.5 Å². The van der Waals surface area contributed by atoms with Gasteiger partial charge in [-0.3, -0.25) is 4.79 Å². The van der Waals surface area contributed by atoms with Crippen LogP contribution in [0.4, 0.5) is 0 Å². The van der Waals surface area contributed by atoms with Crippen molar-refractivity contribution in [3.63, 3.8) is 0 Å². The van der Waals surface area contributed by atoms with E-state index in [4.69, 9.17) is 10.5 Å². The number of ether oxygens (including phenoxy) is 1. The van der Waals surface area contributed by atoms with Crippen molar-refractivity contribution in [1.29, 1.82) is 0 Å². The first kappa shape index (κ1) is 15.5. The van der Waals surface area contributed by atoms with Crippen LogP contribution in [0.1, 0.15) is 37.0 Å². The van der Waals surface area contributed by atoms with Gasteiger partial charge in [-0.15, -0.1) is 0 Å². The summed E-state index contributed by atoms with van der Waals surface area (Å²) in [6.45, 7) is 5.30. The summed E-state index contributed by atoms with van der Waals surface area (Å²) in [5.41, 5.74) is 6.18. The largest absolute Gasteiger partial charge is 0.494 e. The molecule has 0 bridgehead atoms. The van der Waals surface area contributed by atoms with Crippen molar-refractivity contribution >= 4 is 5.91 Å². The number of hydrogen-bond donors (Lipinski definition) is 1. The quantitative estimate of drug-likeness (QED) is 0.822. The summed E-state index contributed by atoms with van der Waals surface area (Å²) < 4.78 is 5.54. The summed E-state index contributed by atoms with van der Waals surface area (Å²) in [5.74, 6) is 0.746. The zero-order chi connectivity index (χ0) is 14.3. The van der Waals surface area contributed by atoms with Gasteiger partial charge in [0.15, 0.2) is 0 Å².